The molecule has 1 aromatic rings. The number of methoxy groups -OCH3 is 1. The monoisotopic (exact) mass is 489 g/mol. The summed E-state index contributed by atoms with van der Waals surface area (Å²) >= 11 is 0. The number of benzene rings is 1. The van der Waals surface area contributed by atoms with Gasteiger partial charge in [-0.2, -0.15) is 0 Å². The molecule has 194 valence electrons. The number of hydrogen-bond donors (Lipinski definition) is 6. The molecule has 0 saturated heterocycles. The van der Waals surface area contributed by atoms with Gasteiger partial charge < -0.3 is 31.5 Å². The van der Waals surface area contributed by atoms with E-state index in [9.17, 15) is 14.7 Å². The third kappa shape index (κ3) is 9.96. The number of rotatable bonds is 16. The Morgan fingerprint density at radius 2 is 2.06 bits per heavy atom. The van der Waals surface area contributed by atoms with E-state index in [1.165, 1.54) is 12.0 Å². The van der Waals surface area contributed by atoms with Gasteiger partial charge in [-0.15, -0.1) is 0 Å². The fourth-order valence-electron chi connectivity index (χ4n) is 4.10. The van der Waals surface area contributed by atoms with E-state index < -0.39 is 0 Å². The number of quaternary nitrogens is 1. The van der Waals surface area contributed by atoms with E-state index in [1.54, 1.807) is 20.2 Å². The number of phenols is 1. The number of aryl methyl sites for hydroxylation is 1. The Labute approximate surface area is 208 Å². The molecule has 0 bridgehead atoms. The van der Waals surface area contributed by atoms with Gasteiger partial charge in [0.05, 0.1) is 26.3 Å². The standard InChI is InChI=1S/C25H40N6O4/c1-27-16-19-13-18(14-23(35-3)24(19)34)7-8-22(33)15-21(32)6-4-5-20(30-25(26)28-2)9-11-31-12-10-29-17-31/h10,12-14,20,27,29,34H,4-9,11,15-17H2,1-3H3,(H3,26,28,30)/p+1/t20-/m1/s1. The highest BCUT2D eigenvalue weighted by molar-refractivity contribution is 5.99. The molecular weight excluding hydrogens is 448 g/mol. The molecule has 0 aliphatic carbocycles. The van der Waals surface area contributed by atoms with E-state index in [0.29, 0.717) is 43.1 Å². The zero-order valence-corrected chi connectivity index (χ0v) is 21.2. The minimum absolute atomic E-state index is 0.0395. The third-order valence-electron chi connectivity index (χ3n) is 6.07. The molecular formula is C25H41N6O4+. The number of Topliss-reactive ketones (excluding diaryl/α,β-unsaturated/α-hetero) is 2. The Balaban J connectivity index is 1.77. The molecule has 0 aromatic heterocycles. The van der Waals surface area contributed by atoms with E-state index in [2.05, 4.69) is 27.1 Å². The van der Waals surface area contributed by atoms with E-state index in [0.717, 1.165) is 31.6 Å². The van der Waals surface area contributed by atoms with Crippen molar-refractivity contribution in [3.63, 3.8) is 0 Å². The van der Waals surface area contributed by atoms with E-state index in [4.69, 9.17) is 10.5 Å². The van der Waals surface area contributed by atoms with Crippen molar-refractivity contribution < 1.29 is 24.3 Å². The van der Waals surface area contributed by atoms with Crippen molar-refractivity contribution in [3.05, 3.63) is 35.7 Å². The number of carbonyl (C=O) groups is 2. The fraction of sp³-hybridized carbons (Fsp3) is 0.560. The van der Waals surface area contributed by atoms with Gasteiger partial charge in [0, 0.05) is 44.5 Å². The van der Waals surface area contributed by atoms with Gasteiger partial charge in [-0.1, -0.05) is 6.07 Å². The Bertz CT molecular complexity index is 902. The van der Waals surface area contributed by atoms with Crippen molar-refractivity contribution in [3.8, 4) is 11.5 Å². The van der Waals surface area contributed by atoms with Crippen LogP contribution in [0.2, 0.25) is 0 Å². The van der Waals surface area contributed by atoms with Crippen molar-refractivity contribution in [1.29, 1.82) is 0 Å². The van der Waals surface area contributed by atoms with Crippen molar-refractivity contribution in [2.75, 3.05) is 34.4 Å². The lowest BCUT2D eigenvalue weighted by atomic mass is 9.99. The second-order valence-corrected chi connectivity index (χ2v) is 8.84. The molecule has 10 heteroatoms. The summed E-state index contributed by atoms with van der Waals surface area (Å²) in [5, 5.41) is 19.6. The van der Waals surface area contributed by atoms with Crippen LogP contribution in [0.1, 0.15) is 49.7 Å². The molecule has 1 aliphatic heterocycles. The van der Waals surface area contributed by atoms with Crippen LogP contribution in [0.25, 0.3) is 0 Å². The first-order chi connectivity index (χ1) is 16.9. The van der Waals surface area contributed by atoms with Gasteiger partial charge in [0.25, 0.3) is 0 Å². The van der Waals surface area contributed by atoms with Gasteiger partial charge in [0.15, 0.2) is 24.1 Å². The van der Waals surface area contributed by atoms with Gasteiger partial charge in [0.1, 0.15) is 17.8 Å². The highest BCUT2D eigenvalue weighted by Crippen LogP contribution is 2.32. The second-order valence-electron chi connectivity index (χ2n) is 8.84. The van der Waals surface area contributed by atoms with E-state index >= 15 is 0 Å². The number of nitrogens with zero attached hydrogens (tertiary/aromatic N) is 1. The van der Waals surface area contributed by atoms with Crippen LogP contribution >= 0.6 is 0 Å². The van der Waals surface area contributed by atoms with Gasteiger partial charge >= 0.3 is 0 Å². The topological polar surface area (TPSA) is 143 Å². The third-order valence-corrected chi connectivity index (χ3v) is 6.07. The number of ether oxygens (including phenoxy) is 1. The molecule has 10 nitrogen and oxygen atoms in total. The van der Waals surface area contributed by atoms with Gasteiger partial charge in [0.2, 0.25) is 0 Å². The summed E-state index contributed by atoms with van der Waals surface area (Å²) in [5.41, 5.74) is 7.46. The highest BCUT2D eigenvalue weighted by Gasteiger charge is 2.17. The van der Waals surface area contributed by atoms with Gasteiger partial charge in [-0.05, 0) is 37.9 Å². The molecule has 0 saturated carbocycles. The molecule has 0 fully saturated rings. The van der Waals surface area contributed by atoms with Gasteiger partial charge in [-0.25, -0.2) is 0 Å². The maximum Gasteiger partial charge on any atom is 0.188 e. The van der Waals surface area contributed by atoms with E-state index in [-0.39, 0.29) is 36.2 Å². The van der Waals surface area contributed by atoms with Crippen molar-refractivity contribution in [2.24, 2.45) is 10.7 Å². The van der Waals surface area contributed by atoms with Gasteiger partial charge in [-0.3, -0.25) is 19.5 Å². The smallest absolute Gasteiger partial charge is 0.188 e. The molecule has 1 heterocycles. The zero-order valence-electron chi connectivity index (χ0n) is 21.2. The predicted molar refractivity (Wildman–Crippen MR) is 136 cm³/mol. The van der Waals surface area contributed by atoms with Crippen molar-refractivity contribution >= 4 is 17.5 Å². The number of guanidine groups is 1. The number of nitrogens with two attached hydrogens (primary N) is 1. The second kappa shape index (κ2) is 15.0. The molecule has 2 atom stereocenters. The summed E-state index contributed by atoms with van der Waals surface area (Å²) in [4.78, 5) is 30.1. The summed E-state index contributed by atoms with van der Waals surface area (Å²) < 4.78 is 5.24. The van der Waals surface area contributed by atoms with Crippen LogP contribution in [0.15, 0.2) is 29.5 Å². The summed E-state index contributed by atoms with van der Waals surface area (Å²) in [6.45, 7) is 2.31. The Kier molecular flexibility index (Phi) is 12.1. The minimum atomic E-state index is -0.0776. The maximum absolute atomic E-state index is 12.4. The molecule has 1 aliphatic rings. The molecule has 2 rings (SSSR count). The summed E-state index contributed by atoms with van der Waals surface area (Å²) in [7, 11) is 4.93. The van der Waals surface area contributed by atoms with Crippen molar-refractivity contribution in [1.82, 2.24) is 16.0 Å². The van der Waals surface area contributed by atoms with Crippen LogP contribution in [0.5, 0.6) is 11.5 Å². The molecule has 0 radical (unpaired) electrons. The number of ketones is 2. The normalized spacial score (nSPS) is 16.1. The van der Waals surface area contributed by atoms with Crippen LogP contribution in [0.3, 0.4) is 0 Å². The predicted octanol–water partition coefficient (Wildman–Crippen LogP) is -0.0390. The van der Waals surface area contributed by atoms with E-state index in [1.807, 2.05) is 12.3 Å². The zero-order chi connectivity index (χ0) is 25.6. The van der Waals surface area contributed by atoms with Crippen LogP contribution in [-0.4, -0.2) is 63.1 Å². The number of aliphatic imine (C=N–C) groups is 1. The van der Waals surface area contributed by atoms with Crippen LogP contribution in [0.4, 0.5) is 0 Å². The lowest BCUT2D eigenvalue weighted by molar-refractivity contribution is -0.843. The van der Waals surface area contributed by atoms with Crippen LogP contribution in [0, 0.1) is 0 Å². The molecule has 35 heavy (non-hydrogen) atoms. The maximum atomic E-state index is 12.4. The first-order valence-electron chi connectivity index (χ1n) is 12.2. The Morgan fingerprint density at radius 1 is 1.29 bits per heavy atom. The molecule has 7 N–H and O–H groups in total. The Morgan fingerprint density at radius 3 is 2.71 bits per heavy atom. The minimum Gasteiger partial charge on any atom is -0.504 e. The van der Waals surface area contributed by atoms with Crippen molar-refractivity contribution in [2.45, 2.75) is 57.5 Å². The highest BCUT2D eigenvalue weighted by atomic mass is 16.5. The lowest BCUT2D eigenvalue weighted by Crippen LogP contribution is -3.07. The average molecular weight is 490 g/mol. The lowest BCUT2D eigenvalue weighted by Gasteiger charge is -2.20. The number of nitrogens with one attached hydrogen (secondary N) is 4. The molecule has 0 spiro atoms. The fourth-order valence-corrected chi connectivity index (χ4v) is 4.10. The summed E-state index contributed by atoms with van der Waals surface area (Å²) in [6, 6.07) is 3.72. The average Bonchev–Trinajstić information content (AvgIpc) is 3.36. The molecule has 1 aromatic carbocycles. The molecule has 0 amide bonds. The number of aromatic hydroxyl groups is 1. The SMILES string of the molecule is CN=C(N)N[C@H](CCCC(=O)CC(=O)CCc1cc(CNC)c(O)c(OC)c1)CC[NH+]1C=CNC1. The molecule has 1 unspecified atom stereocenters. The Hall–Kier alpha value is -3.11. The largest absolute Gasteiger partial charge is 0.504 e. The first-order valence-corrected chi connectivity index (χ1v) is 12.2. The van der Waals surface area contributed by atoms with Crippen LogP contribution < -0.4 is 31.3 Å². The number of carbonyl (C=O) groups excluding carboxylic acids is 2. The quantitative estimate of drug-likeness (QED) is 0.108. The number of hydrogen-bond acceptors (Lipinski definition) is 7. The van der Waals surface area contributed by atoms with Crippen LogP contribution in [-0.2, 0) is 22.6 Å². The summed E-state index contributed by atoms with van der Waals surface area (Å²) in [5.74, 6) is 0.757. The number of phenolic OH excluding ortho intramolecular Hbond substituents is 1. The summed E-state index contributed by atoms with van der Waals surface area (Å²) in [6.07, 6.45) is 7.49. The first kappa shape index (κ1) is 28.1.